The van der Waals surface area contributed by atoms with Gasteiger partial charge in [0.1, 0.15) is 0 Å². The van der Waals surface area contributed by atoms with Crippen LogP contribution in [-0.4, -0.2) is 39.5 Å². The average Bonchev–Trinajstić information content (AvgIpc) is 2.46. The van der Waals surface area contributed by atoms with Crippen LogP contribution in [0.25, 0.3) is 0 Å². The fourth-order valence-electron chi connectivity index (χ4n) is 2.05. The van der Waals surface area contributed by atoms with Gasteiger partial charge in [-0.05, 0) is 54.4 Å². The average molecular weight is 359 g/mol. The summed E-state index contributed by atoms with van der Waals surface area (Å²) < 4.78 is 12.0. The molecule has 1 aromatic rings. The zero-order chi connectivity index (χ0) is 15.7. The maximum Gasteiger partial charge on any atom is 0.0641 e. The highest BCUT2D eigenvalue weighted by molar-refractivity contribution is 9.10. The molecular formula is C16H27BrN2O2. The van der Waals surface area contributed by atoms with Crippen molar-refractivity contribution in [2.75, 3.05) is 44.4 Å². The molecule has 4 nitrogen and oxygen atoms in total. The summed E-state index contributed by atoms with van der Waals surface area (Å²) in [6, 6.07) is 6.32. The number of nitrogens with zero attached hydrogens (tertiary/aromatic N) is 1. The molecule has 21 heavy (non-hydrogen) atoms. The van der Waals surface area contributed by atoms with Crippen LogP contribution in [0.2, 0.25) is 0 Å². The van der Waals surface area contributed by atoms with Gasteiger partial charge in [0.2, 0.25) is 0 Å². The van der Waals surface area contributed by atoms with Crippen molar-refractivity contribution in [3.63, 3.8) is 0 Å². The summed E-state index contributed by atoms with van der Waals surface area (Å²) >= 11 is 3.66. The topological polar surface area (TPSA) is 47.7 Å². The third kappa shape index (κ3) is 6.34. The number of halogens is 1. The minimum absolute atomic E-state index is 0.0376. The molecule has 0 heterocycles. The van der Waals surface area contributed by atoms with Crippen LogP contribution in [0.4, 0.5) is 5.69 Å². The van der Waals surface area contributed by atoms with Crippen LogP contribution in [-0.2, 0) is 9.47 Å². The number of rotatable bonds is 10. The van der Waals surface area contributed by atoms with E-state index in [1.165, 1.54) is 0 Å². The van der Waals surface area contributed by atoms with Gasteiger partial charge in [-0.15, -0.1) is 0 Å². The van der Waals surface area contributed by atoms with E-state index in [9.17, 15) is 0 Å². The van der Waals surface area contributed by atoms with Gasteiger partial charge in [-0.1, -0.05) is 6.07 Å². The van der Waals surface area contributed by atoms with E-state index in [-0.39, 0.29) is 6.04 Å². The smallest absolute Gasteiger partial charge is 0.0641 e. The molecule has 0 aliphatic rings. The van der Waals surface area contributed by atoms with Crippen molar-refractivity contribution in [3.8, 4) is 0 Å². The molecule has 0 saturated carbocycles. The second-order valence-corrected chi connectivity index (χ2v) is 5.73. The number of ether oxygens (including phenoxy) is 2. The van der Waals surface area contributed by atoms with E-state index < -0.39 is 0 Å². The molecule has 0 bridgehead atoms. The SMILES string of the molecule is CCOCCN(CCOCC)c1ccc(C(C)N)cc1Br. The number of benzene rings is 1. The highest BCUT2D eigenvalue weighted by Crippen LogP contribution is 2.29. The summed E-state index contributed by atoms with van der Waals surface area (Å²) in [6.07, 6.45) is 0. The lowest BCUT2D eigenvalue weighted by Crippen LogP contribution is -2.31. The predicted molar refractivity (Wildman–Crippen MR) is 91.9 cm³/mol. The Bertz CT molecular complexity index is 403. The largest absolute Gasteiger partial charge is 0.380 e. The van der Waals surface area contributed by atoms with Crippen molar-refractivity contribution in [2.45, 2.75) is 26.8 Å². The molecular weight excluding hydrogens is 332 g/mol. The Morgan fingerprint density at radius 1 is 1.14 bits per heavy atom. The van der Waals surface area contributed by atoms with Crippen LogP contribution in [0.3, 0.4) is 0 Å². The molecule has 0 amide bonds. The van der Waals surface area contributed by atoms with E-state index in [0.717, 1.165) is 42.0 Å². The maximum absolute atomic E-state index is 5.93. The molecule has 1 unspecified atom stereocenters. The van der Waals surface area contributed by atoms with Gasteiger partial charge in [0.15, 0.2) is 0 Å². The number of anilines is 1. The Balaban J connectivity index is 2.79. The van der Waals surface area contributed by atoms with Gasteiger partial charge in [0.05, 0.1) is 18.9 Å². The van der Waals surface area contributed by atoms with Crippen molar-refractivity contribution in [1.29, 1.82) is 0 Å². The molecule has 0 aromatic heterocycles. The van der Waals surface area contributed by atoms with Crippen molar-refractivity contribution in [1.82, 2.24) is 0 Å². The molecule has 0 saturated heterocycles. The molecule has 1 atom stereocenters. The Morgan fingerprint density at radius 3 is 2.14 bits per heavy atom. The van der Waals surface area contributed by atoms with E-state index in [0.29, 0.717) is 13.2 Å². The second kappa shape index (κ2) is 10.2. The van der Waals surface area contributed by atoms with Gasteiger partial charge in [-0.25, -0.2) is 0 Å². The predicted octanol–water partition coefficient (Wildman–Crippen LogP) is 3.35. The summed E-state index contributed by atoms with van der Waals surface area (Å²) in [5.74, 6) is 0. The van der Waals surface area contributed by atoms with Gasteiger partial charge in [-0.2, -0.15) is 0 Å². The van der Waals surface area contributed by atoms with E-state index in [4.69, 9.17) is 15.2 Å². The van der Waals surface area contributed by atoms with Crippen molar-refractivity contribution < 1.29 is 9.47 Å². The van der Waals surface area contributed by atoms with Crippen LogP contribution in [0.1, 0.15) is 32.4 Å². The van der Waals surface area contributed by atoms with Gasteiger partial charge in [-0.3, -0.25) is 0 Å². The molecule has 0 radical (unpaired) electrons. The van der Waals surface area contributed by atoms with Crippen LogP contribution in [0, 0.1) is 0 Å². The first kappa shape index (κ1) is 18.4. The number of hydrogen-bond donors (Lipinski definition) is 1. The van der Waals surface area contributed by atoms with E-state index in [1.54, 1.807) is 0 Å². The van der Waals surface area contributed by atoms with E-state index in [2.05, 4.69) is 39.0 Å². The lowest BCUT2D eigenvalue weighted by molar-refractivity contribution is 0.141. The summed E-state index contributed by atoms with van der Waals surface area (Å²) in [5, 5.41) is 0. The zero-order valence-electron chi connectivity index (χ0n) is 13.3. The number of hydrogen-bond acceptors (Lipinski definition) is 4. The summed E-state index contributed by atoms with van der Waals surface area (Å²) in [6.45, 7) is 10.6. The quantitative estimate of drug-likeness (QED) is 0.651. The fourth-order valence-corrected chi connectivity index (χ4v) is 2.70. The Kier molecular flexibility index (Phi) is 8.92. The molecule has 120 valence electrons. The molecule has 1 aromatic carbocycles. The van der Waals surface area contributed by atoms with Gasteiger partial charge < -0.3 is 20.1 Å². The first-order chi connectivity index (χ1) is 10.1. The lowest BCUT2D eigenvalue weighted by atomic mass is 10.1. The van der Waals surface area contributed by atoms with Crippen LogP contribution in [0.5, 0.6) is 0 Å². The van der Waals surface area contributed by atoms with Crippen molar-refractivity contribution >= 4 is 21.6 Å². The summed E-state index contributed by atoms with van der Waals surface area (Å²) in [4.78, 5) is 2.28. The Morgan fingerprint density at radius 2 is 1.71 bits per heavy atom. The first-order valence-corrected chi connectivity index (χ1v) is 8.34. The maximum atomic E-state index is 5.93. The third-order valence-corrected chi connectivity index (χ3v) is 3.89. The molecule has 0 aliphatic heterocycles. The fraction of sp³-hybridized carbons (Fsp3) is 0.625. The normalized spacial score (nSPS) is 12.4. The van der Waals surface area contributed by atoms with Gasteiger partial charge >= 0.3 is 0 Å². The Labute approximate surface area is 136 Å². The summed E-state index contributed by atoms with van der Waals surface area (Å²) in [7, 11) is 0. The molecule has 0 aliphatic carbocycles. The van der Waals surface area contributed by atoms with Crippen molar-refractivity contribution in [3.05, 3.63) is 28.2 Å². The van der Waals surface area contributed by atoms with Crippen molar-refractivity contribution in [2.24, 2.45) is 5.73 Å². The number of nitrogens with two attached hydrogens (primary N) is 1. The highest BCUT2D eigenvalue weighted by atomic mass is 79.9. The van der Waals surface area contributed by atoms with Crippen LogP contribution < -0.4 is 10.6 Å². The lowest BCUT2D eigenvalue weighted by Gasteiger charge is -2.26. The highest BCUT2D eigenvalue weighted by Gasteiger charge is 2.12. The Hall–Kier alpha value is -0.620. The standard InChI is InChI=1S/C16H27BrN2O2/c1-4-20-10-8-19(9-11-21-5-2)16-7-6-14(13(3)18)12-15(16)17/h6-7,12-13H,4-5,8-11,18H2,1-3H3. The minimum atomic E-state index is 0.0376. The van der Waals surface area contributed by atoms with Crippen LogP contribution in [0.15, 0.2) is 22.7 Å². The molecule has 1 rings (SSSR count). The molecule has 5 heteroatoms. The van der Waals surface area contributed by atoms with Gasteiger partial charge in [0, 0.05) is 36.8 Å². The van der Waals surface area contributed by atoms with Gasteiger partial charge in [0.25, 0.3) is 0 Å². The van der Waals surface area contributed by atoms with E-state index in [1.807, 2.05) is 20.8 Å². The van der Waals surface area contributed by atoms with Crippen LogP contribution >= 0.6 is 15.9 Å². The minimum Gasteiger partial charge on any atom is -0.380 e. The first-order valence-electron chi connectivity index (χ1n) is 7.55. The summed E-state index contributed by atoms with van der Waals surface area (Å²) in [5.41, 5.74) is 8.21. The zero-order valence-corrected chi connectivity index (χ0v) is 14.9. The third-order valence-electron chi connectivity index (χ3n) is 3.26. The molecule has 0 spiro atoms. The second-order valence-electron chi connectivity index (χ2n) is 4.88. The monoisotopic (exact) mass is 358 g/mol. The molecule has 2 N–H and O–H groups in total. The van der Waals surface area contributed by atoms with E-state index >= 15 is 0 Å². The molecule has 0 fully saturated rings.